The molecule has 1 amide bonds. The third-order valence-electron chi connectivity index (χ3n) is 5.18. The predicted octanol–water partition coefficient (Wildman–Crippen LogP) is 5.58. The average Bonchev–Trinajstić information content (AvgIpc) is 2.61. The van der Waals surface area contributed by atoms with Gasteiger partial charge in [-0.05, 0) is 60.8 Å². The first kappa shape index (κ1) is 19.5. The largest absolute Gasteiger partial charge is 0.494 e. The molecule has 1 aromatic rings. The van der Waals surface area contributed by atoms with E-state index in [1.165, 1.54) is 30.4 Å². The molecule has 0 aromatic heterocycles. The van der Waals surface area contributed by atoms with Gasteiger partial charge in [-0.1, -0.05) is 26.8 Å². The highest BCUT2D eigenvalue weighted by Crippen LogP contribution is 2.37. The Bertz CT molecular complexity index is 784. The molecule has 146 valence electrons. The summed E-state index contributed by atoms with van der Waals surface area (Å²) in [6.45, 7) is 9.21. The molecule has 4 heteroatoms. The molecule has 0 bridgehead atoms. The minimum absolute atomic E-state index is 0.0220. The lowest BCUT2D eigenvalue weighted by molar-refractivity contribution is -0.117. The molecule has 3 rings (SSSR count). The van der Waals surface area contributed by atoms with Crippen molar-refractivity contribution in [1.82, 2.24) is 0 Å². The van der Waals surface area contributed by atoms with Gasteiger partial charge in [0.25, 0.3) is 0 Å². The van der Waals surface area contributed by atoms with Crippen molar-refractivity contribution in [3.8, 4) is 5.75 Å². The van der Waals surface area contributed by atoms with E-state index in [4.69, 9.17) is 4.74 Å². The van der Waals surface area contributed by atoms with Crippen LogP contribution in [0.4, 0.5) is 11.4 Å². The summed E-state index contributed by atoms with van der Waals surface area (Å²) >= 11 is 0. The highest BCUT2D eigenvalue weighted by atomic mass is 16.5. The van der Waals surface area contributed by atoms with Gasteiger partial charge in [0.2, 0.25) is 5.91 Å². The maximum absolute atomic E-state index is 12.4. The van der Waals surface area contributed by atoms with Crippen molar-refractivity contribution in [1.29, 1.82) is 0 Å². The minimum Gasteiger partial charge on any atom is -0.494 e. The maximum atomic E-state index is 12.4. The van der Waals surface area contributed by atoms with E-state index in [1.807, 2.05) is 13.0 Å². The maximum Gasteiger partial charge on any atom is 0.225 e. The smallest absolute Gasteiger partial charge is 0.225 e. The highest BCUT2D eigenvalue weighted by molar-refractivity contribution is 5.94. The van der Waals surface area contributed by atoms with Crippen LogP contribution in [0.3, 0.4) is 0 Å². The van der Waals surface area contributed by atoms with Crippen LogP contribution >= 0.6 is 0 Å². The minimum atomic E-state index is -0.0453. The summed E-state index contributed by atoms with van der Waals surface area (Å²) in [5, 5.41) is 3.05. The van der Waals surface area contributed by atoms with Gasteiger partial charge in [0, 0.05) is 30.9 Å². The van der Waals surface area contributed by atoms with Crippen LogP contribution in [0.5, 0.6) is 5.75 Å². The van der Waals surface area contributed by atoms with Crippen molar-refractivity contribution in [3.63, 3.8) is 0 Å². The van der Waals surface area contributed by atoms with Crippen LogP contribution in [-0.2, 0) is 4.79 Å². The second-order valence-corrected chi connectivity index (χ2v) is 8.84. The number of ether oxygens (including phenoxy) is 1. The molecule has 1 aliphatic heterocycles. The lowest BCUT2D eigenvalue weighted by Crippen LogP contribution is -2.25. The fourth-order valence-corrected chi connectivity index (χ4v) is 3.86. The number of benzene rings is 1. The second-order valence-electron chi connectivity index (χ2n) is 8.84. The number of carbonyl (C=O) groups excluding carboxylic acids is 1. The molecule has 0 unspecified atom stereocenters. The first-order valence-electron chi connectivity index (χ1n) is 9.92. The molecule has 0 radical (unpaired) electrons. The molecular weight excluding hydrogens is 336 g/mol. The standard InChI is InChI=1S/C23H32N2O2/c1-16-12-19(25-11-10-17-8-6-7-9-18(17)15-25)13-20(27-5)22(16)24-21(26)14-23(2,3)4/h8,12-13,15H,6-7,9-11,14H2,1-5H3,(H,24,26). The van der Waals surface area contributed by atoms with Crippen molar-refractivity contribution >= 4 is 17.3 Å². The van der Waals surface area contributed by atoms with E-state index in [-0.39, 0.29) is 11.3 Å². The summed E-state index contributed by atoms with van der Waals surface area (Å²) in [7, 11) is 1.66. The van der Waals surface area contributed by atoms with Crippen molar-refractivity contribution in [2.24, 2.45) is 5.41 Å². The molecule has 1 N–H and O–H groups in total. The van der Waals surface area contributed by atoms with Crippen LogP contribution in [0.2, 0.25) is 0 Å². The Morgan fingerprint density at radius 3 is 2.70 bits per heavy atom. The zero-order chi connectivity index (χ0) is 19.6. The normalized spacial score (nSPS) is 17.0. The van der Waals surface area contributed by atoms with Crippen molar-refractivity contribution < 1.29 is 9.53 Å². The van der Waals surface area contributed by atoms with Crippen LogP contribution < -0.4 is 15.0 Å². The molecule has 1 aromatic carbocycles. The monoisotopic (exact) mass is 368 g/mol. The van der Waals surface area contributed by atoms with Gasteiger partial charge in [-0.2, -0.15) is 0 Å². The quantitative estimate of drug-likeness (QED) is 0.754. The molecule has 0 atom stereocenters. The molecule has 4 nitrogen and oxygen atoms in total. The van der Waals surface area contributed by atoms with Crippen molar-refractivity contribution in [2.45, 2.75) is 59.8 Å². The fourth-order valence-electron chi connectivity index (χ4n) is 3.86. The Labute approximate surface area is 163 Å². The Kier molecular flexibility index (Phi) is 5.64. The number of rotatable bonds is 4. The number of hydrogen-bond donors (Lipinski definition) is 1. The fraction of sp³-hybridized carbons (Fsp3) is 0.522. The second kappa shape index (κ2) is 7.79. The van der Waals surface area contributed by atoms with E-state index in [2.05, 4.69) is 49.3 Å². The number of carbonyl (C=O) groups is 1. The molecule has 0 fully saturated rings. The zero-order valence-electron chi connectivity index (χ0n) is 17.3. The first-order chi connectivity index (χ1) is 12.8. The topological polar surface area (TPSA) is 41.6 Å². The van der Waals surface area contributed by atoms with Gasteiger partial charge in [0.1, 0.15) is 5.75 Å². The summed E-state index contributed by atoms with van der Waals surface area (Å²) < 4.78 is 5.62. The Hall–Kier alpha value is -2.23. The lowest BCUT2D eigenvalue weighted by atomic mass is 9.89. The first-order valence-corrected chi connectivity index (χ1v) is 9.92. The summed E-state index contributed by atoms with van der Waals surface area (Å²) in [5.41, 5.74) is 5.86. The predicted molar refractivity (Wildman–Crippen MR) is 112 cm³/mol. The Balaban J connectivity index is 1.85. The summed E-state index contributed by atoms with van der Waals surface area (Å²) in [4.78, 5) is 14.7. The van der Waals surface area contributed by atoms with E-state index in [9.17, 15) is 4.79 Å². The van der Waals surface area contributed by atoms with Crippen LogP contribution in [0.1, 0.15) is 58.4 Å². The van der Waals surface area contributed by atoms with E-state index in [0.29, 0.717) is 6.42 Å². The lowest BCUT2D eigenvalue weighted by Gasteiger charge is -2.31. The van der Waals surface area contributed by atoms with Gasteiger partial charge in [0.05, 0.1) is 12.8 Å². The van der Waals surface area contributed by atoms with Gasteiger partial charge >= 0.3 is 0 Å². The number of hydrogen-bond acceptors (Lipinski definition) is 3. The van der Waals surface area contributed by atoms with E-state index >= 15 is 0 Å². The Morgan fingerprint density at radius 2 is 2.00 bits per heavy atom. The highest BCUT2D eigenvalue weighted by Gasteiger charge is 2.22. The van der Waals surface area contributed by atoms with Gasteiger partial charge in [-0.3, -0.25) is 4.79 Å². The average molecular weight is 369 g/mol. The number of fused-ring (bicyclic) bond motifs is 1. The number of methoxy groups -OCH3 is 1. The van der Waals surface area contributed by atoms with Crippen molar-refractivity contribution in [2.75, 3.05) is 23.9 Å². The SMILES string of the molecule is COc1cc(N2C=C3CCCC=C3CC2)cc(C)c1NC(=O)CC(C)(C)C. The molecule has 0 saturated heterocycles. The third-order valence-corrected chi connectivity index (χ3v) is 5.18. The van der Waals surface area contributed by atoms with Gasteiger partial charge in [-0.25, -0.2) is 0 Å². The van der Waals surface area contributed by atoms with E-state index < -0.39 is 0 Å². The zero-order valence-corrected chi connectivity index (χ0v) is 17.3. The van der Waals surface area contributed by atoms with Crippen LogP contribution in [-0.4, -0.2) is 19.6 Å². The van der Waals surface area contributed by atoms with Crippen LogP contribution in [0.15, 0.2) is 35.6 Å². The molecule has 27 heavy (non-hydrogen) atoms. The van der Waals surface area contributed by atoms with Gasteiger partial charge in [-0.15, -0.1) is 0 Å². The van der Waals surface area contributed by atoms with Gasteiger partial charge < -0.3 is 15.0 Å². The third kappa shape index (κ3) is 4.74. The summed E-state index contributed by atoms with van der Waals surface area (Å²) in [5.74, 6) is 0.740. The number of nitrogens with zero attached hydrogens (tertiary/aromatic N) is 1. The van der Waals surface area contributed by atoms with E-state index in [1.54, 1.807) is 7.11 Å². The number of aryl methyl sites for hydroxylation is 1. The molecule has 2 aliphatic rings. The number of amides is 1. The van der Waals surface area contributed by atoms with Crippen LogP contribution in [0, 0.1) is 12.3 Å². The van der Waals surface area contributed by atoms with Crippen LogP contribution in [0.25, 0.3) is 0 Å². The summed E-state index contributed by atoms with van der Waals surface area (Å²) in [6, 6.07) is 4.18. The molecule has 0 saturated carbocycles. The number of nitrogens with one attached hydrogen (secondary N) is 1. The molecular formula is C23H32N2O2. The number of allylic oxidation sites excluding steroid dienone is 2. The van der Waals surface area contributed by atoms with Crippen molar-refractivity contribution in [3.05, 3.63) is 41.1 Å². The molecule has 1 aliphatic carbocycles. The van der Waals surface area contributed by atoms with E-state index in [0.717, 1.165) is 35.7 Å². The summed E-state index contributed by atoms with van der Waals surface area (Å²) in [6.07, 6.45) is 9.88. The molecule has 0 spiro atoms. The number of anilines is 2. The van der Waals surface area contributed by atoms with Gasteiger partial charge in [0.15, 0.2) is 0 Å². The Morgan fingerprint density at radius 1 is 1.22 bits per heavy atom. The molecule has 1 heterocycles.